The zero-order chi connectivity index (χ0) is 14.5. The van der Waals surface area contributed by atoms with E-state index in [1.807, 2.05) is 0 Å². The summed E-state index contributed by atoms with van der Waals surface area (Å²) < 4.78 is 17.7. The van der Waals surface area contributed by atoms with Crippen LogP contribution in [0.2, 0.25) is 0 Å². The molecule has 104 valence electrons. The highest BCUT2D eigenvalue weighted by Gasteiger charge is 2.11. The minimum Gasteiger partial charge on any atom is -0.468 e. The van der Waals surface area contributed by atoms with Crippen molar-refractivity contribution in [3.05, 3.63) is 36.4 Å². The summed E-state index contributed by atoms with van der Waals surface area (Å²) in [7, 11) is 2.97. The second-order valence-corrected chi connectivity index (χ2v) is 4.02. The average Bonchev–Trinajstić information content (AvgIpc) is 2.47. The Balaban J connectivity index is 2.26. The molecule has 0 aromatic carbocycles. The normalized spacial score (nSPS) is 10.2. The fraction of sp³-hybridized carbons (Fsp3) is 0.231. The Labute approximate surface area is 115 Å². The molecule has 0 radical (unpaired) electrons. The number of anilines is 1. The third-order valence-electron chi connectivity index (χ3n) is 2.56. The maximum atomic E-state index is 13.1. The van der Waals surface area contributed by atoms with Gasteiger partial charge in [-0.15, -0.1) is 0 Å². The molecule has 7 heteroatoms. The van der Waals surface area contributed by atoms with Gasteiger partial charge in [0.05, 0.1) is 18.5 Å². The molecular weight excluding hydrogens is 263 g/mol. The van der Waals surface area contributed by atoms with Gasteiger partial charge in [-0.2, -0.15) is 4.39 Å². The summed E-state index contributed by atoms with van der Waals surface area (Å²) in [5.74, 6) is -0.644. The summed E-state index contributed by atoms with van der Waals surface area (Å²) in [4.78, 5) is 24.8. The van der Waals surface area contributed by atoms with Gasteiger partial charge in [-0.3, -0.25) is 4.79 Å². The summed E-state index contributed by atoms with van der Waals surface area (Å²) in [5.41, 5.74) is 0.881. The summed E-state index contributed by atoms with van der Waals surface area (Å²) in [6.07, 6.45) is 1.53. The lowest BCUT2D eigenvalue weighted by atomic mass is 10.2. The van der Waals surface area contributed by atoms with E-state index in [1.165, 1.54) is 24.3 Å². The van der Waals surface area contributed by atoms with Crippen molar-refractivity contribution in [2.24, 2.45) is 0 Å². The lowest BCUT2D eigenvalue weighted by molar-refractivity contribution is -0.138. The quantitative estimate of drug-likeness (QED) is 0.619. The zero-order valence-electron chi connectivity index (χ0n) is 11.1. The highest BCUT2D eigenvalue weighted by Crippen LogP contribution is 2.16. The first-order valence-corrected chi connectivity index (χ1v) is 5.84. The van der Waals surface area contributed by atoms with E-state index in [0.29, 0.717) is 17.3 Å². The van der Waals surface area contributed by atoms with Crippen molar-refractivity contribution in [2.75, 3.05) is 25.6 Å². The highest BCUT2D eigenvalue weighted by atomic mass is 19.1. The van der Waals surface area contributed by atoms with Gasteiger partial charge in [-0.05, 0) is 18.2 Å². The van der Waals surface area contributed by atoms with Crippen molar-refractivity contribution >= 4 is 11.9 Å². The molecule has 0 amide bonds. The molecule has 2 heterocycles. The minimum atomic E-state index is -0.578. The van der Waals surface area contributed by atoms with E-state index in [-0.39, 0.29) is 6.54 Å². The van der Waals surface area contributed by atoms with Crippen LogP contribution >= 0.6 is 0 Å². The standard InChI is InChI=1S/C13H13FN4O2/c1-18(8-12(19)20-2)13-15-7-6-10(17-13)9-4-3-5-11(14)16-9/h3-7H,8H2,1-2H3. The Hall–Kier alpha value is -2.57. The van der Waals surface area contributed by atoms with E-state index in [0.717, 1.165) is 0 Å². The second-order valence-electron chi connectivity index (χ2n) is 4.02. The van der Waals surface area contributed by atoms with Gasteiger partial charge in [0.2, 0.25) is 11.9 Å². The number of likely N-dealkylation sites (N-methyl/N-ethyl adjacent to an activating group) is 1. The van der Waals surface area contributed by atoms with E-state index in [9.17, 15) is 9.18 Å². The van der Waals surface area contributed by atoms with Gasteiger partial charge in [0.25, 0.3) is 0 Å². The topological polar surface area (TPSA) is 68.2 Å². The van der Waals surface area contributed by atoms with Gasteiger partial charge in [0.1, 0.15) is 6.54 Å². The molecule has 0 saturated heterocycles. The predicted molar refractivity (Wildman–Crippen MR) is 70.5 cm³/mol. The number of hydrogen-bond donors (Lipinski definition) is 0. The van der Waals surface area contributed by atoms with Crippen molar-refractivity contribution in [2.45, 2.75) is 0 Å². The molecule has 0 unspecified atom stereocenters. The molecule has 0 aliphatic heterocycles. The largest absolute Gasteiger partial charge is 0.468 e. The molecule has 6 nitrogen and oxygen atoms in total. The van der Waals surface area contributed by atoms with E-state index < -0.39 is 11.9 Å². The van der Waals surface area contributed by atoms with Crippen LogP contribution in [0.4, 0.5) is 10.3 Å². The Morgan fingerprint density at radius 1 is 1.30 bits per heavy atom. The molecule has 20 heavy (non-hydrogen) atoms. The number of pyridine rings is 1. The number of aromatic nitrogens is 3. The van der Waals surface area contributed by atoms with Crippen molar-refractivity contribution in [3.63, 3.8) is 0 Å². The number of halogens is 1. The SMILES string of the molecule is COC(=O)CN(C)c1nccc(-c2cccc(F)n2)n1. The van der Waals surface area contributed by atoms with E-state index in [2.05, 4.69) is 19.7 Å². The summed E-state index contributed by atoms with van der Waals surface area (Å²) >= 11 is 0. The van der Waals surface area contributed by atoms with E-state index in [1.54, 1.807) is 25.2 Å². The maximum Gasteiger partial charge on any atom is 0.325 e. The maximum absolute atomic E-state index is 13.1. The molecule has 2 aromatic rings. The Bertz CT molecular complexity index is 621. The number of nitrogens with zero attached hydrogens (tertiary/aromatic N) is 4. The van der Waals surface area contributed by atoms with Crippen molar-refractivity contribution < 1.29 is 13.9 Å². The average molecular weight is 276 g/mol. The number of ether oxygens (including phenoxy) is 1. The number of esters is 1. The van der Waals surface area contributed by atoms with Gasteiger partial charge >= 0.3 is 5.97 Å². The van der Waals surface area contributed by atoms with Gasteiger partial charge in [-0.1, -0.05) is 6.07 Å². The predicted octanol–water partition coefficient (Wildman–Crippen LogP) is 1.29. The first kappa shape index (κ1) is 13.9. The van der Waals surface area contributed by atoms with Crippen LogP contribution in [-0.4, -0.2) is 41.6 Å². The molecule has 0 aliphatic carbocycles. The highest BCUT2D eigenvalue weighted by molar-refractivity contribution is 5.74. The molecule has 0 fully saturated rings. The van der Waals surface area contributed by atoms with E-state index >= 15 is 0 Å². The fourth-order valence-corrected chi connectivity index (χ4v) is 1.55. The van der Waals surface area contributed by atoms with Gasteiger partial charge in [-0.25, -0.2) is 15.0 Å². The number of methoxy groups -OCH3 is 1. The summed E-state index contributed by atoms with van der Waals surface area (Å²) in [6.45, 7) is 0.0243. The number of rotatable bonds is 4. The molecule has 0 N–H and O–H groups in total. The molecule has 0 saturated carbocycles. The Morgan fingerprint density at radius 2 is 2.05 bits per heavy atom. The second kappa shape index (κ2) is 6.05. The van der Waals surface area contributed by atoms with Crippen LogP contribution < -0.4 is 4.90 Å². The molecule has 0 aliphatic rings. The fourth-order valence-electron chi connectivity index (χ4n) is 1.55. The lowest BCUT2D eigenvalue weighted by Crippen LogP contribution is -2.28. The van der Waals surface area contributed by atoms with Crippen molar-refractivity contribution in [3.8, 4) is 11.4 Å². The van der Waals surface area contributed by atoms with Crippen LogP contribution in [0, 0.1) is 5.95 Å². The first-order chi connectivity index (χ1) is 9.60. The number of carbonyl (C=O) groups is 1. The summed E-state index contributed by atoms with van der Waals surface area (Å²) in [5, 5.41) is 0. The van der Waals surface area contributed by atoms with Gasteiger partial charge < -0.3 is 9.64 Å². The third-order valence-corrected chi connectivity index (χ3v) is 2.56. The smallest absolute Gasteiger partial charge is 0.325 e. The van der Waals surface area contributed by atoms with Crippen LogP contribution in [0.1, 0.15) is 0 Å². The lowest BCUT2D eigenvalue weighted by Gasteiger charge is -2.15. The number of carbonyl (C=O) groups excluding carboxylic acids is 1. The summed E-state index contributed by atoms with van der Waals surface area (Å²) in [6, 6.07) is 6.08. The third kappa shape index (κ3) is 3.25. The van der Waals surface area contributed by atoms with Crippen LogP contribution in [0.5, 0.6) is 0 Å². The number of hydrogen-bond acceptors (Lipinski definition) is 6. The first-order valence-electron chi connectivity index (χ1n) is 5.84. The monoisotopic (exact) mass is 276 g/mol. The molecular formula is C13H13FN4O2. The molecule has 0 atom stereocenters. The molecule has 0 spiro atoms. The zero-order valence-corrected chi connectivity index (χ0v) is 11.1. The van der Waals surface area contributed by atoms with Crippen LogP contribution in [0.3, 0.4) is 0 Å². The van der Waals surface area contributed by atoms with Crippen molar-refractivity contribution in [1.82, 2.24) is 15.0 Å². The van der Waals surface area contributed by atoms with Gasteiger partial charge in [0.15, 0.2) is 0 Å². The van der Waals surface area contributed by atoms with Crippen LogP contribution in [0.15, 0.2) is 30.5 Å². The van der Waals surface area contributed by atoms with Gasteiger partial charge in [0, 0.05) is 13.2 Å². The Morgan fingerprint density at radius 3 is 2.75 bits per heavy atom. The minimum absolute atomic E-state index is 0.0243. The van der Waals surface area contributed by atoms with Crippen LogP contribution in [-0.2, 0) is 9.53 Å². The van der Waals surface area contributed by atoms with Crippen LogP contribution in [0.25, 0.3) is 11.4 Å². The molecule has 2 rings (SSSR count). The molecule has 0 bridgehead atoms. The van der Waals surface area contributed by atoms with E-state index in [4.69, 9.17) is 0 Å². The molecule has 2 aromatic heterocycles. The Kier molecular flexibility index (Phi) is 4.19. The van der Waals surface area contributed by atoms with Crippen molar-refractivity contribution in [1.29, 1.82) is 0 Å².